The Morgan fingerprint density at radius 3 is 2.78 bits per heavy atom. The van der Waals surface area contributed by atoms with Gasteiger partial charge in [-0.3, -0.25) is 10.2 Å². The normalized spacial score (nSPS) is 16.4. The van der Waals surface area contributed by atoms with E-state index >= 15 is 0 Å². The summed E-state index contributed by atoms with van der Waals surface area (Å²) in [5.41, 5.74) is 15.2. The molecule has 1 fully saturated rings. The van der Waals surface area contributed by atoms with Gasteiger partial charge < -0.3 is 29.6 Å². The van der Waals surface area contributed by atoms with Crippen LogP contribution < -0.4 is 41.3 Å². The Labute approximate surface area is 283 Å². The highest BCUT2D eigenvalue weighted by Gasteiger charge is 2.23. The summed E-state index contributed by atoms with van der Waals surface area (Å²) in [5.74, 6) is 1.89. The molecule has 1 saturated heterocycles. The number of anilines is 2. The zero-order valence-corrected chi connectivity index (χ0v) is 27.0. The highest BCUT2D eigenvalue weighted by molar-refractivity contribution is 6.04. The lowest BCUT2D eigenvalue weighted by Crippen LogP contribution is -2.35. The van der Waals surface area contributed by atoms with Gasteiger partial charge in [0.15, 0.2) is 5.84 Å². The van der Waals surface area contributed by atoms with Crippen LogP contribution in [0.25, 0.3) is 11.3 Å². The lowest BCUT2D eigenvalue weighted by atomic mass is 10.0. The summed E-state index contributed by atoms with van der Waals surface area (Å²) in [6.07, 6.45) is 2.52. The maximum atomic E-state index is 13.7. The lowest BCUT2D eigenvalue weighted by Gasteiger charge is -2.28. The van der Waals surface area contributed by atoms with E-state index in [4.69, 9.17) is 23.9 Å². The van der Waals surface area contributed by atoms with E-state index in [1.807, 2.05) is 60.7 Å². The number of nitrogens with one attached hydrogen (secondary N) is 5. The molecule has 1 amide bonds. The van der Waals surface area contributed by atoms with Gasteiger partial charge in [0.2, 0.25) is 11.8 Å². The number of aromatic nitrogens is 1. The van der Waals surface area contributed by atoms with Crippen molar-refractivity contribution in [1.29, 1.82) is 5.26 Å². The van der Waals surface area contributed by atoms with E-state index in [0.29, 0.717) is 72.8 Å². The van der Waals surface area contributed by atoms with E-state index < -0.39 is 0 Å². The third kappa shape index (κ3) is 7.35. The minimum atomic E-state index is -0.243. The molecule has 0 saturated carbocycles. The van der Waals surface area contributed by atoms with Gasteiger partial charge in [0.05, 0.1) is 49.3 Å². The first-order chi connectivity index (χ1) is 24.1. The first kappa shape index (κ1) is 31.7. The zero-order valence-electron chi connectivity index (χ0n) is 27.0. The summed E-state index contributed by atoms with van der Waals surface area (Å²) in [6, 6.07) is 23.0. The average molecular weight is 661 g/mol. The number of hydrogen-bond donors (Lipinski definition) is 5. The lowest BCUT2D eigenvalue weighted by molar-refractivity contribution is -0.115. The number of ether oxygens (including phenoxy) is 4. The second-order valence-corrected chi connectivity index (χ2v) is 11.8. The molecule has 0 unspecified atom stereocenters. The van der Waals surface area contributed by atoms with E-state index in [1.54, 1.807) is 13.2 Å². The summed E-state index contributed by atoms with van der Waals surface area (Å²) in [7, 11) is 1.56. The number of methoxy groups -OCH3 is 1. The maximum Gasteiger partial charge on any atom is 0.229 e. The first-order valence-corrected chi connectivity index (χ1v) is 16.2. The van der Waals surface area contributed by atoms with Crippen LogP contribution in [0.2, 0.25) is 0 Å². The van der Waals surface area contributed by atoms with Crippen molar-refractivity contribution >= 4 is 23.1 Å². The highest BCUT2D eigenvalue weighted by atomic mass is 16.5. The number of hydrogen-bond acceptors (Lipinski definition) is 12. The molecule has 4 bridgehead atoms. The summed E-state index contributed by atoms with van der Waals surface area (Å²) in [4.78, 5) is 18.5. The van der Waals surface area contributed by atoms with Crippen LogP contribution in [0, 0.1) is 11.3 Å². The smallest absolute Gasteiger partial charge is 0.229 e. The molecule has 0 spiro atoms. The number of hydrazone groups is 1. The number of aryl methyl sites for hydroxylation is 1. The molecule has 3 aliphatic heterocycles. The van der Waals surface area contributed by atoms with Crippen LogP contribution in [0.4, 0.5) is 11.4 Å². The SMILES string of the molecule is COc1cc(C2=NNNN2)cc(NC[C@@H]2CCO2)c1NC(=O)Cc1ccc2cc1OCCCc1cc(C#N)ccc1COc1cccc-2n1. The fourth-order valence-electron chi connectivity index (χ4n) is 5.86. The molecule has 13 nitrogen and oxygen atoms in total. The Balaban J connectivity index is 1.15. The fourth-order valence-corrected chi connectivity index (χ4v) is 5.86. The average Bonchev–Trinajstić information content (AvgIpc) is 3.65. The number of fused-ring (bicyclic) bond motifs is 6. The van der Waals surface area contributed by atoms with Crippen LogP contribution in [-0.4, -0.2) is 49.7 Å². The Bertz CT molecular complexity index is 1940. The van der Waals surface area contributed by atoms with Crippen LogP contribution in [-0.2, 0) is 29.0 Å². The number of amidine groups is 1. The number of benzene rings is 3. The van der Waals surface area contributed by atoms with Crippen LogP contribution in [0.3, 0.4) is 0 Å². The number of hydrazine groups is 2. The van der Waals surface area contributed by atoms with Crippen LogP contribution in [0.5, 0.6) is 17.4 Å². The predicted octanol–water partition coefficient (Wildman–Crippen LogP) is 4.19. The molecule has 3 aliphatic rings. The standard InChI is InChI=1S/C36H36N8O5/c1-46-32-17-27(36-41-43-44-42-36)15-30(38-20-28-11-13-47-28)35(32)40-33(45)18-25-10-9-24-16-31(25)48-12-3-4-23-14-22(19-37)7-8-26(23)21-49-34-6-2-5-29(24)39-34/h2,5-10,14-17,28,38,43-44H,3-4,11-13,18,20-21H2,1H3,(H,40,45)(H,41,42)/t28-/m0/s1. The van der Waals surface area contributed by atoms with Crippen LogP contribution >= 0.6 is 0 Å². The number of carbonyl (C=O) groups is 1. The highest BCUT2D eigenvalue weighted by Crippen LogP contribution is 2.36. The summed E-state index contributed by atoms with van der Waals surface area (Å²) >= 11 is 0. The van der Waals surface area contributed by atoms with Crippen molar-refractivity contribution in [3.8, 4) is 34.7 Å². The van der Waals surface area contributed by atoms with E-state index in [2.05, 4.69) is 38.3 Å². The minimum absolute atomic E-state index is 0.0543. The van der Waals surface area contributed by atoms with Gasteiger partial charge in [-0.2, -0.15) is 5.26 Å². The van der Waals surface area contributed by atoms with Crippen molar-refractivity contribution in [1.82, 2.24) is 21.5 Å². The molecule has 4 heterocycles. The van der Waals surface area contributed by atoms with Crippen molar-refractivity contribution in [3.63, 3.8) is 0 Å². The monoisotopic (exact) mass is 660 g/mol. The van der Waals surface area contributed by atoms with E-state index in [9.17, 15) is 10.1 Å². The molecule has 0 aliphatic carbocycles. The van der Waals surface area contributed by atoms with Gasteiger partial charge >= 0.3 is 0 Å². The first-order valence-electron chi connectivity index (χ1n) is 16.2. The van der Waals surface area contributed by atoms with Gasteiger partial charge in [-0.15, -0.1) is 10.6 Å². The molecular formula is C36H36N8O5. The third-order valence-corrected chi connectivity index (χ3v) is 8.57. The number of nitriles is 1. The summed E-state index contributed by atoms with van der Waals surface area (Å²) < 4.78 is 23.8. The molecule has 250 valence electrons. The molecule has 5 N–H and O–H groups in total. The molecule has 4 aromatic rings. The molecule has 7 rings (SSSR count). The van der Waals surface area contributed by atoms with E-state index in [0.717, 1.165) is 46.5 Å². The summed E-state index contributed by atoms with van der Waals surface area (Å²) in [6.45, 7) is 2.08. The van der Waals surface area contributed by atoms with Crippen molar-refractivity contribution in [3.05, 3.63) is 94.5 Å². The molecule has 3 aromatic carbocycles. The molecule has 1 aromatic heterocycles. The molecule has 49 heavy (non-hydrogen) atoms. The van der Waals surface area contributed by atoms with Crippen molar-refractivity contribution in [2.45, 2.75) is 38.4 Å². The van der Waals surface area contributed by atoms with Crippen molar-refractivity contribution in [2.75, 3.05) is 37.5 Å². The number of amides is 1. The zero-order chi connectivity index (χ0) is 33.6. The number of rotatable bonds is 8. The maximum absolute atomic E-state index is 13.7. The second-order valence-electron chi connectivity index (χ2n) is 11.8. The van der Waals surface area contributed by atoms with Crippen LogP contribution in [0.1, 0.15) is 40.7 Å². The van der Waals surface area contributed by atoms with Gasteiger partial charge in [-0.1, -0.05) is 24.3 Å². The Morgan fingerprint density at radius 1 is 1.06 bits per heavy atom. The van der Waals surface area contributed by atoms with E-state index in [1.165, 1.54) is 0 Å². The molecular weight excluding hydrogens is 624 g/mol. The molecule has 13 heteroatoms. The largest absolute Gasteiger partial charge is 0.494 e. The fraction of sp³-hybridized carbons (Fsp3) is 0.278. The molecule has 0 radical (unpaired) electrons. The predicted molar refractivity (Wildman–Crippen MR) is 183 cm³/mol. The number of carbonyl (C=O) groups excluding carboxylic acids is 1. The van der Waals surface area contributed by atoms with Gasteiger partial charge in [-0.05, 0) is 66.8 Å². The minimum Gasteiger partial charge on any atom is -0.494 e. The number of nitrogens with zero attached hydrogens (tertiary/aromatic N) is 3. The Kier molecular flexibility index (Phi) is 9.40. The van der Waals surface area contributed by atoms with Crippen molar-refractivity contribution in [2.24, 2.45) is 5.10 Å². The van der Waals surface area contributed by atoms with Gasteiger partial charge in [-0.25, -0.2) is 10.5 Å². The number of pyridine rings is 1. The summed E-state index contributed by atoms with van der Waals surface area (Å²) in [5, 5.41) is 20.2. The van der Waals surface area contributed by atoms with Gasteiger partial charge in [0.25, 0.3) is 0 Å². The van der Waals surface area contributed by atoms with Gasteiger partial charge in [0.1, 0.15) is 23.8 Å². The van der Waals surface area contributed by atoms with Gasteiger partial charge in [0, 0.05) is 35.9 Å². The van der Waals surface area contributed by atoms with Crippen LogP contribution in [0.15, 0.2) is 71.8 Å². The third-order valence-electron chi connectivity index (χ3n) is 8.57. The second kappa shape index (κ2) is 14.5. The van der Waals surface area contributed by atoms with E-state index in [-0.39, 0.29) is 18.4 Å². The Morgan fingerprint density at radius 2 is 1.98 bits per heavy atom. The Hall–Kier alpha value is -5.84. The quantitative estimate of drug-likeness (QED) is 0.184. The topological polar surface area (TPSA) is 163 Å². The molecule has 1 atom stereocenters. The van der Waals surface area contributed by atoms with Crippen molar-refractivity contribution < 1.29 is 23.7 Å².